The fourth-order valence-corrected chi connectivity index (χ4v) is 4.54. The Kier molecular flexibility index (Phi) is 4.52. The van der Waals surface area contributed by atoms with Crippen molar-refractivity contribution in [2.75, 3.05) is 18.4 Å². The second-order valence-electron chi connectivity index (χ2n) is 8.93. The molecule has 1 atom stereocenters. The van der Waals surface area contributed by atoms with Crippen LogP contribution in [0.15, 0.2) is 36.4 Å². The molecule has 2 aliphatic heterocycles. The van der Waals surface area contributed by atoms with Crippen molar-refractivity contribution in [3.8, 4) is 0 Å². The van der Waals surface area contributed by atoms with E-state index in [4.69, 9.17) is 0 Å². The first-order chi connectivity index (χ1) is 12.4. The number of halogens is 1. The molecule has 0 saturated heterocycles. The molecule has 0 aliphatic carbocycles. The van der Waals surface area contributed by atoms with Crippen molar-refractivity contribution in [1.82, 2.24) is 4.90 Å². The molecular formula is C23H29FN2. The number of benzene rings is 2. The lowest BCUT2D eigenvalue weighted by molar-refractivity contribution is 0.244. The SMILES string of the molecule is CC(C)(C)C1CCNc2ccc(CN3CCc4ccc(F)cc4C3)cc21. The van der Waals surface area contributed by atoms with Gasteiger partial charge in [0.05, 0.1) is 0 Å². The Morgan fingerprint density at radius 1 is 1.12 bits per heavy atom. The first kappa shape index (κ1) is 17.5. The summed E-state index contributed by atoms with van der Waals surface area (Å²) in [4.78, 5) is 2.44. The average molecular weight is 352 g/mol. The van der Waals surface area contributed by atoms with E-state index in [1.54, 1.807) is 12.1 Å². The van der Waals surface area contributed by atoms with E-state index in [0.717, 1.165) is 38.2 Å². The number of rotatable bonds is 2. The van der Waals surface area contributed by atoms with Crippen LogP contribution >= 0.6 is 0 Å². The molecule has 1 unspecified atom stereocenters. The maximum atomic E-state index is 13.6. The van der Waals surface area contributed by atoms with Crippen LogP contribution in [0.5, 0.6) is 0 Å². The standard InChI is InChI=1S/C23H29FN2/c1-23(2,3)21-8-10-25-22-7-4-16(12-20(21)22)14-26-11-9-17-5-6-19(24)13-18(17)15-26/h4-7,12-13,21,25H,8-11,14-15H2,1-3H3. The quantitative estimate of drug-likeness (QED) is 0.786. The van der Waals surface area contributed by atoms with Gasteiger partial charge >= 0.3 is 0 Å². The number of fused-ring (bicyclic) bond motifs is 2. The molecule has 4 rings (SSSR count). The highest BCUT2D eigenvalue weighted by molar-refractivity contribution is 5.56. The van der Waals surface area contributed by atoms with Gasteiger partial charge in [0.2, 0.25) is 0 Å². The smallest absolute Gasteiger partial charge is 0.123 e. The zero-order valence-electron chi connectivity index (χ0n) is 16.1. The Balaban J connectivity index is 1.55. The minimum atomic E-state index is -0.126. The maximum Gasteiger partial charge on any atom is 0.123 e. The van der Waals surface area contributed by atoms with E-state index in [1.807, 2.05) is 6.07 Å². The zero-order chi connectivity index (χ0) is 18.3. The van der Waals surface area contributed by atoms with Crippen molar-refractivity contribution in [3.63, 3.8) is 0 Å². The molecule has 2 heterocycles. The maximum absolute atomic E-state index is 13.6. The van der Waals surface area contributed by atoms with E-state index in [2.05, 4.69) is 49.2 Å². The summed E-state index contributed by atoms with van der Waals surface area (Å²) in [6, 6.07) is 12.1. The fourth-order valence-electron chi connectivity index (χ4n) is 4.54. The summed E-state index contributed by atoms with van der Waals surface area (Å²) in [5.41, 5.74) is 6.84. The summed E-state index contributed by atoms with van der Waals surface area (Å²) in [6.45, 7) is 10.9. The summed E-state index contributed by atoms with van der Waals surface area (Å²) in [5, 5.41) is 3.56. The van der Waals surface area contributed by atoms with Gasteiger partial charge in [-0.3, -0.25) is 4.90 Å². The van der Waals surface area contributed by atoms with Gasteiger partial charge in [-0.25, -0.2) is 4.39 Å². The molecule has 0 saturated carbocycles. The molecule has 0 fully saturated rings. The van der Waals surface area contributed by atoms with Crippen LogP contribution in [0, 0.1) is 11.2 Å². The molecule has 0 amide bonds. The minimum absolute atomic E-state index is 0.126. The molecule has 26 heavy (non-hydrogen) atoms. The number of hydrogen-bond donors (Lipinski definition) is 1. The molecule has 2 nitrogen and oxygen atoms in total. The van der Waals surface area contributed by atoms with Gasteiger partial charge in [-0.2, -0.15) is 0 Å². The van der Waals surface area contributed by atoms with Crippen LogP contribution in [0.2, 0.25) is 0 Å². The largest absolute Gasteiger partial charge is 0.385 e. The van der Waals surface area contributed by atoms with Crippen LogP contribution in [0.4, 0.5) is 10.1 Å². The van der Waals surface area contributed by atoms with Gasteiger partial charge in [0, 0.05) is 31.9 Å². The number of hydrogen-bond acceptors (Lipinski definition) is 2. The summed E-state index contributed by atoms with van der Waals surface area (Å²) < 4.78 is 13.6. The van der Waals surface area contributed by atoms with E-state index in [0.29, 0.717) is 5.92 Å². The van der Waals surface area contributed by atoms with Crippen LogP contribution in [-0.2, 0) is 19.5 Å². The van der Waals surface area contributed by atoms with Gasteiger partial charge in [-0.15, -0.1) is 0 Å². The third kappa shape index (κ3) is 3.50. The number of anilines is 1. The molecule has 0 spiro atoms. The molecule has 0 aromatic heterocycles. The third-order valence-electron chi connectivity index (χ3n) is 5.95. The van der Waals surface area contributed by atoms with E-state index < -0.39 is 0 Å². The topological polar surface area (TPSA) is 15.3 Å². The van der Waals surface area contributed by atoms with Crippen LogP contribution in [0.25, 0.3) is 0 Å². The highest BCUT2D eigenvalue weighted by atomic mass is 19.1. The average Bonchev–Trinajstić information content (AvgIpc) is 2.60. The molecule has 138 valence electrons. The van der Waals surface area contributed by atoms with E-state index in [-0.39, 0.29) is 11.2 Å². The normalized spacial score (nSPS) is 20.2. The van der Waals surface area contributed by atoms with Crippen molar-refractivity contribution in [3.05, 3.63) is 64.5 Å². The Morgan fingerprint density at radius 3 is 2.77 bits per heavy atom. The van der Waals surface area contributed by atoms with Gasteiger partial charge in [-0.1, -0.05) is 39.0 Å². The fraction of sp³-hybridized carbons (Fsp3) is 0.478. The van der Waals surface area contributed by atoms with Crippen LogP contribution in [0.1, 0.15) is 55.4 Å². The first-order valence-corrected chi connectivity index (χ1v) is 9.76. The molecule has 2 aromatic carbocycles. The predicted molar refractivity (Wildman–Crippen MR) is 106 cm³/mol. The van der Waals surface area contributed by atoms with Crippen LogP contribution < -0.4 is 5.32 Å². The van der Waals surface area contributed by atoms with Gasteiger partial charge in [0.1, 0.15) is 5.82 Å². The lowest BCUT2D eigenvalue weighted by atomic mass is 9.72. The Morgan fingerprint density at radius 2 is 1.96 bits per heavy atom. The molecule has 3 heteroatoms. The van der Waals surface area contributed by atoms with Crippen molar-refractivity contribution in [2.24, 2.45) is 5.41 Å². The van der Waals surface area contributed by atoms with Gasteiger partial charge in [0.15, 0.2) is 0 Å². The molecule has 0 bridgehead atoms. The van der Waals surface area contributed by atoms with Crippen molar-refractivity contribution < 1.29 is 4.39 Å². The molecule has 2 aromatic rings. The zero-order valence-corrected chi connectivity index (χ0v) is 16.1. The van der Waals surface area contributed by atoms with E-state index in [9.17, 15) is 4.39 Å². The first-order valence-electron chi connectivity index (χ1n) is 9.76. The Bertz CT molecular complexity index is 806. The number of nitrogens with one attached hydrogen (secondary N) is 1. The summed E-state index contributed by atoms with van der Waals surface area (Å²) in [6.07, 6.45) is 2.20. The molecule has 1 N–H and O–H groups in total. The van der Waals surface area contributed by atoms with Gasteiger partial charge < -0.3 is 5.32 Å². The minimum Gasteiger partial charge on any atom is -0.385 e. The second kappa shape index (κ2) is 6.70. The molecular weight excluding hydrogens is 323 g/mol. The van der Waals surface area contributed by atoms with Gasteiger partial charge in [0.25, 0.3) is 0 Å². The van der Waals surface area contributed by atoms with Crippen molar-refractivity contribution in [2.45, 2.75) is 52.6 Å². The van der Waals surface area contributed by atoms with Crippen molar-refractivity contribution >= 4 is 5.69 Å². The third-order valence-corrected chi connectivity index (χ3v) is 5.95. The highest BCUT2D eigenvalue weighted by Crippen LogP contribution is 2.43. The Hall–Kier alpha value is -1.87. The van der Waals surface area contributed by atoms with E-state index in [1.165, 1.54) is 28.8 Å². The summed E-state index contributed by atoms with van der Waals surface area (Å²) in [5.74, 6) is 0.466. The number of nitrogens with zero attached hydrogens (tertiary/aromatic N) is 1. The van der Waals surface area contributed by atoms with E-state index >= 15 is 0 Å². The van der Waals surface area contributed by atoms with Crippen LogP contribution in [-0.4, -0.2) is 18.0 Å². The van der Waals surface area contributed by atoms with Crippen LogP contribution in [0.3, 0.4) is 0 Å². The monoisotopic (exact) mass is 352 g/mol. The highest BCUT2D eigenvalue weighted by Gasteiger charge is 2.30. The van der Waals surface area contributed by atoms with Gasteiger partial charge in [-0.05, 0) is 64.6 Å². The summed E-state index contributed by atoms with van der Waals surface area (Å²) in [7, 11) is 0. The lowest BCUT2D eigenvalue weighted by Crippen LogP contribution is -2.30. The Labute approximate surface area is 156 Å². The molecule has 0 radical (unpaired) electrons. The molecule has 2 aliphatic rings. The summed E-state index contributed by atoms with van der Waals surface area (Å²) >= 11 is 0. The van der Waals surface area contributed by atoms with Crippen molar-refractivity contribution in [1.29, 1.82) is 0 Å². The predicted octanol–water partition coefficient (Wildman–Crippen LogP) is 5.33. The second-order valence-corrected chi connectivity index (χ2v) is 8.93. The lowest BCUT2D eigenvalue weighted by Gasteiger charge is -2.37.